The maximum Gasteiger partial charge on any atom is 0.258 e. The molecular weight excluding hydrogens is 272 g/mol. The first kappa shape index (κ1) is 15.1. The van der Waals surface area contributed by atoms with Crippen molar-refractivity contribution in [1.29, 1.82) is 0 Å². The monoisotopic (exact) mass is 296 g/mol. The minimum atomic E-state index is -0.144. The number of aromatic nitrogens is 1. The number of nitrogen functional groups attached to an aromatic ring is 1. The van der Waals surface area contributed by atoms with E-state index >= 15 is 0 Å². The van der Waals surface area contributed by atoms with Crippen LogP contribution in [0, 0.1) is 5.92 Å². The van der Waals surface area contributed by atoms with Crippen LogP contribution in [-0.2, 0) is 0 Å². The Morgan fingerprint density at radius 3 is 2.80 bits per heavy atom. The third kappa shape index (κ3) is 3.85. The highest BCUT2D eigenvalue weighted by atomic mass is 32.1. The van der Waals surface area contributed by atoms with Gasteiger partial charge < -0.3 is 16.4 Å². The van der Waals surface area contributed by atoms with Gasteiger partial charge in [-0.2, -0.15) is 4.37 Å². The van der Waals surface area contributed by atoms with Crippen molar-refractivity contribution in [3.8, 4) is 0 Å². The highest BCUT2D eigenvalue weighted by Crippen LogP contribution is 2.29. The van der Waals surface area contributed by atoms with Gasteiger partial charge in [-0.1, -0.05) is 25.7 Å². The van der Waals surface area contributed by atoms with Gasteiger partial charge in [0.1, 0.15) is 10.6 Å². The summed E-state index contributed by atoms with van der Waals surface area (Å²) in [5, 5.41) is 6.99. The predicted molar refractivity (Wildman–Crippen MR) is 84.2 cm³/mol. The number of carbonyl (C=O) groups is 1. The van der Waals surface area contributed by atoms with Crippen LogP contribution >= 0.6 is 11.5 Å². The van der Waals surface area contributed by atoms with E-state index in [9.17, 15) is 4.79 Å². The first-order valence-corrected chi connectivity index (χ1v) is 8.15. The first-order chi connectivity index (χ1) is 9.58. The number of nitrogens with two attached hydrogens (primary N) is 1. The molecule has 1 aromatic heterocycles. The molecule has 0 spiro atoms. The lowest BCUT2D eigenvalue weighted by Gasteiger charge is -2.12. The number of amides is 1. The van der Waals surface area contributed by atoms with Gasteiger partial charge in [0.05, 0.1) is 0 Å². The lowest BCUT2D eigenvalue weighted by molar-refractivity contribution is 0.0945. The van der Waals surface area contributed by atoms with Gasteiger partial charge in [0.15, 0.2) is 5.82 Å². The average Bonchev–Trinajstić information content (AvgIpc) is 2.98. The number of hydrogen-bond acceptors (Lipinski definition) is 5. The molecule has 112 valence electrons. The zero-order valence-electron chi connectivity index (χ0n) is 12.2. The lowest BCUT2D eigenvalue weighted by atomic mass is 10.0. The molecule has 1 heterocycles. The van der Waals surface area contributed by atoms with E-state index < -0.39 is 0 Å². The summed E-state index contributed by atoms with van der Waals surface area (Å²) < 4.78 is 4.09. The lowest BCUT2D eigenvalue weighted by Crippen LogP contribution is -2.31. The maximum absolute atomic E-state index is 12.1. The van der Waals surface area contributed by atoms with Crippen molar-refractivity contribution < 1.29 is 4.79 Å². The van der Waals surface area contributed by atoms with Gasteiger partial charge in [0, 0.05) is 12.6 Å². The Morgan fingerprint density at radius 1 is 1.45 bits per heavy atom. The quantitative estimate of drug-likeness (QED) is 0.754. The number of rotatable bonds is 6. The molecule has 1 amide bonds. The molecule has 5 nitrogen and oxygen atoms in total. The van der Waals surface area contributed by atoms with Gasteiger partial charge in [-0.15, -0.1) is 0 Å². The van der Waals surface area contributed by atoms with Crippen LogP contribution < -0.4 is 16.4 Å². The van der Waals surface area contributed by atoms with E-state index in [0.29, 0.717) is 11.4 Å². The third-order valence-corrected chi connectivity index (χ3v) is 4.50. The van der Waals surface area contributed by atoms with Crippen LogP contribution in [0.2, 0.25) is 0 Å². The SMILES string of the molecule is CC(C)NC(=O)c1c(N)nsc1NCCC1CCCC1. The summed E-state index contributed by atoms with van der Waals surface area (Å²) >= 11 is 1.27. The largest absolute Gasteiger partial charge is 0.382 e. The molecule has 20 heavy (non-hydrogen) atoms. The zero-order chi connectivity index (χ0) is 14.5. The predicted octanol–water partition coefficient (Wildman–Crippen LogP) is 2.86. The molecule has 1 fully saturated rings. The summed E-state index contributed by atoms with van der Waals surface area (Å²) in [7, 11) is 0. The molecular formula is C14H24N4OS. The van der Waals surface area contributed by atoms with Gasteiger partial charge in [0.25, 0.3) is 5.91 Å². The summed E-state index contributed by atoms with van der Waals surface area (Å²) in [5.74, 6) is 1.01. The van der Waals surface area contributed by atoms with E-state index in [1.807, 2.05) is 13.8 Å². The summed E-state index contributed by atoms with van der Waals surface area (Å²) in [6.45, 7) is 4.75. The molecule has 0 atom stereocenters. The van der Waals surface area contributed by atoms with Crippen molar-refractivity contribution in [1.82, 2.24) is 9.69 Å². The summed E-state index contributed by atoms with van der Waals surface area (Å²) in [6, 6.07) is 0.0909. The Kier molecular flexibility index (Phi) is 5.23. The molecule has 0 radical (unpaired) electrons. The van der Waals surface area contributed by atoms with Gasteiger partial charge in [-0.3, -0.25) is 4.79 Å². The van der Waals surface area contributed by atoms with E-state index in [2.05, 4.69) is 15.0 Å². The molecule has 6 heteroatoms. The second-order valence-electron chi connectivity index (χ2n) is 5.77. The molecule has 0 aromatic carbocycles. The van der Waals surface area contributed by atoms with Gasteiger partial charge in [-0.25, -0.2) is 0 Å². The van der Waals surface area contributed by atoms with Crippen molar-refractivity contribution in [3.63, 3.8) is 0 Å². The number of carbonyl (C=O) groups excluding carboxylic acids is 1. The topological polar surface area (TPSA) is 80.0 Å². The van der Waals surface area contributed by atoms with Crippen molar-refractivity contribution in [3.05, 3.63) is 5.56 Å². The van der Waals surface area contributed by atoms with Crippen LogP contribution in [0.4, 0.5) is 10.8 Å². The van der Waals surface area contributed by atoms with Crippen LogP contribution in [0.3, 0.4) is 0 Å². The summed E-state index contributed by atoms with van der Waals surface area (Å²) in [6.07, 6.45) is 6.56. The summed E-state index contributed by atoms with van der Waals surface area (Å²) in [5.41, 5.74) is 6.31. The molecule has 4 N–H and O–H groups in total. The van der Waals surface area contributed by atoms with E-state index in [1.165, 1.54) is 37.2 Å². The number of nitrogens with zero attached hydrogens (tertiary/aromatic N) is 1. The molecule has 0 unspecified atom stereocenters. The standard InChI is InChI=1S/C14H24N4OS/c1-9(2)17-13(19)11-12(15)18-20-14(11)16-8-7-10-5-3-4-6-10/h9-10,16H,3-8H2,1-2H3,(H2,15,18)(H,17,19). The Balaban J connectivity index is 1.92. The Bertz CT molecular complexity index is 452. The number of nitrogens with one attached hydrogen (secondary N) is 2. The van der Waals surface area contributed by atoms with Crippen LogP contribution in [0.25, 0.3) is 0 Å². The minimum absolute atomic E-state index is 0.0909. The maximum atomic E-state index is 12.1. The van der Waals surface area contributed by atoms with E-state index in [4.69, 9.17) is 5.73 Å². The third-order valence-electron chi connectivity index (χ3n) is 3.68. The van der Waals surface area contributed by atoms with Crippen LogP contribution in [0.5, 0.6) is 0 Å². The van der Waals surface area contributed by atoms with Gasteiger partial charge in [-0.05, 0) is 37.7 Å². The Hall–Kier alpha value is -1.30. The normalized spacial score (nSPS) is 15.8. The van der Waals surface area contributed by atoms with E-state index in [1.54, 1.807) is 0 Å². The Labute approximate surface area is 124 Å². The molecule has 0 aliphatic heterocycles. The average molecular weight is 296 g/mol. The van der Waals surface area contributed by atoms with Crippen molar-refractivity contribution in [2.24, 2.45) is 5.92 Å². The van der Waals surface area contributed by atoms with Crippen molar-refractivity contribution >= 4 is 28.3 Å². The molecule has 1 aromatic rings. The highest BCUT2D eigenvalue weighted by Gasteiger charge is 2.20. The van der Waals surface area contributed by atoms with Gasteiger partial charge >= 0.3 is 0 Å². The first-order valence-electron chi connectivity index (χ1n) is 7.37. The second kappa shape index (κ2) is 6.92. The van der Waals surface area contributed by atoms with Crippen LogP contribution in [-0.4, -0.2) is 22.9 Å². The molecule has 0 saturated heterocycles. The summed E-state index contributed by atoms with van der Waals surface area (Å²) in [4.78, 5) is 12.1. The van der Waals surface area contributed by atoms with Crippen molar-refractivity contribution in [2.45, 2.75) is 52.0 Å². The van der Waals surface area contributed by atoms with Crippen LogP contribution in [0.15, 0.2) is 0 Å². The fourth-order valence-corrected chi connectivity index (χ4v) is 3.40. The minimum Gasteiger partial charge on any atom is -0.382 e. The number of hydrogen-bond donors (Lipinski definition) is 3. The molecule has 2 rings (SSSR count). The van der Waals surface area contributed by atoms with E-state index in [-0.39, 0.29) is 11.9 Å². The van der Waals surface area contributed by atoms with Crippen molar-refractivity contribution in [2.75, 3.05) is 17.6 Å². The smallest absolute Gasteiger partial charge is 0.258 e. The molecule has 1 aliphatic carbocycles. The van der Waals surface area contributed by atoms with Gasteiger partial charge in [0.2, 0.25) is 0 Å². The number of anilines is 2. The highest BCUT2D eigenvalue weighted by molar-refractivity contribution is 7.11. The molecule has 1 aliphatic rings. The van der Waals surface area contributed by atoms with Crippen LogP contribution in [0.1, 0.15) is 56.3 Å². The molecule has 0 bridgehead atoms. The Morgan fingerprint density at radius 2 is 2.15 bits per heavy atom. The fraction of sp³-hybridized carbons (Fsp3) is 0.714. The second-order valence-corrected chi connectivity index (χ2v) is 6.54. The zero-order valence-corrected chi connectivity index (χ0v) is 13.1. The van der Waals surface area contributed by atoms with E-state index in [0.717, 1.165) is 23.9 Å². The fourth-order valence-electron chi connectivity index (χ4n) is 2.67. The molecule has 1 saturated carbocycles.